The molecule has 12 heteroatoms. The normalized spacial score (nSPS) is 77.2. The van der Waals surface area contributed by atoms with Gasteiger partial charge in [0.25, 0.3) is 0 Å². The molecule has 0 saturated heterocycles. The number of methoxy groups -OCH3 is 1. The van der Waals surface area contributed by atoms with Crippen LogP contribution in [0.5, 0.6) is 0 Å². The van der Waals surface area contributed by atoms with Crippen LogP contribution in [0.15, 0.2) is 0 Å². The van der Waals surface area contributed by atoms with E-state index in [-0.39, 0.29) is 0 Å². The van der Waals surface area contributed by atoms with E-state index < -0.39 is 48.4 Å². The molecule has 0 aromatic carbocycles. The fraction of sp³-hybridized carbons (Fsp3) is 1.00. The molecule has 0 aromatic heterocycles. The summed E-state index contributed by atoms with van der Waals surface area (Å²) in [5.74, 6) is 0. The highest BCUT2D eigenvalue weighted by molar-refractivity contribution is 6.79. The molecule has 0 spiro atoms. The van der Waals surface area contributed by atoms with Crippen LogP contribution >= 0.6 is 128 Å². The van der Waals surface area contributed by atoms with Crippen molar-refractivity contribution in [2.24, 2.45) is 0 Å². The van der Waals surface area contributed by atoms with Gasteiger partial charge in [-0.25, -0.2) is 0 Å². The minimum absolute atomic E-state index is 1.31. The van der Waals surface area contributed by atoms with E-state index in [1.165, 1.54) is 7.11 Å². The van der Waals surface area contributed by atoms with Crippen molar-refractivity contribution in [3.8, 4) is 0 Å². The summed E-state index contributed by atoms with van der Waals surface area (Å²) >= 11 is 74.2. The van der Waals surface area contributed by atoms with Crippen molar-refractivity contribution in [1.29, 1.82) is 0 Å². The van der Waals surface area contributed by atoms with Gasteiger partial charge in [0, 0.05) is 7.11 Å². The third-order valence-electron chi connectivity index (χ3n) is 6.82. The van der Waals surface area contributed by atoms with Crippen molar-refractivity contribution in [2.45, 2.75) is 48.4 Å². The van der Waals surface area contributed by atoms with Crippen molar-refractivity contribution in [2.75, 3.05) is 7.11 Å². The first-order valence-electron chi connectivity index (χ1n) is 6.19. The molecule has 6 fully saturated rings. The minimum Gasteiger partial charge on any atom is -0.372 e. The maximum atomic E-state index is 6.91. The quantitative estimate of drug-likeness (QED) is 0.392. The molecule has 0 aliphatic heterocycles. The Bertz CT molecular complexity index is 691. The van der Waals surface area contributed by atoms with E-state index in [4.69, 9.17) is 132 Å². The summed E-state index contributed by atoms with van der Waals surface area (Å²) in [7, 11) is 1.31. The Morgan fingerprint density at radius 2 is 0.739 bits per heavy atom. The van der Waals surface area contributed by atoms with Gasteiger partial charge in [-0.1, -0.05) is 46.4 Å². The van der Waals surface area contributed by atoms with Crippen molar-refractivity contribution in [1.82, 2.24) is 0 Å². The summed E-state index contributed by atoms with van der Waals surface area (Å²) in [6.45, 7) is 0. The number of ether oxygens (including phenoxy) is 1. The fourth-order valence-corrected chi connectivity index (χ4v) is 15.4. The standard InChI is InChI=1S/C11H3Cl11O/c1-23-9-4(14)5(15)2(12)3(13,7(9,17)10(5,19)20)8(9,18)11(21,22)6(2,4)16/h1H3. The molecule has 0 amide bonds. The van der Waals surface area contributed by atoms with Gasteiger partial charge in [-0.2, -0.15) is 0 Å². The molecule has 4 unspecified atom stereocenters. The van der Waals surface area contributed by atoms with Crippen LogP contribution in [0, 0.1) is 0 Å². The Balaban J connectivity index is 2.07. The molecule has 6 aliphatic rings. The second kappa shape index (κ2) is 3.56. The van der Waals surface area contributed by atoms with E-state index in [1.54, 1.807) is 0 Å². The fourth-order valence-electron chi connectivity index (χ4n) is 6.33. The van der Waals surface area contributed by atoms with Gasteiger partial charge in [0.15, 0.2) is 8.67 Å². The summed E-state index contributed by atoms with van der Waals surface area (Å²) in [5, 5.41) is 0. The average Bonchev–Trinajstić information content (AvgIpc) is 2.67. The first-order valence-corrected chi connectivity index (χ1v) is 10.3. The molecule has 0 radical (unpaired) electrons. The third kappa shape index (κ3) is 0.772. The highest BCUT2D eigenvalue weighted by atomic mass is 35.5. The average molecular weight is 541 g/mol. The molecule has 0 aromatic rings. The van der Waals surface area contributed by atoms with Gasteiger partial charge in [0.1, 0.15) is 39.7 Å². The van der Waals surface area contributed by atoms with Gasteiger partial charge in [-0.15, -0.1) is 81.2 Å². The van der Waals surface area contributed by atoms with E-state index in [0.717, 1.165) is 0 Å². The second-order valence-corrected chi connectivity index (χ2v) is 13.3. The van der Waals surface area contributed by atoms with E-state index in [2.05, 4.69) is 0 Å². The lowest BCUT2D eigenvalue weighted by Crippen LogP contribution is -3.05. The van der Waals surface area contributed by atoms with E-state index in [9.17, 15) is 0 Å². The summed E-state index contributed by atoms with van der Waals surface area (Å²) in [5.41, 5.74) is -1.72. The zero-order chi connectivity index (χ0) is 17.7. The lowest BCUT2D eigenvalue weighted by atomic mass is 9.39. The first kappa shape index (κ1) is 18.2. The molecule has 0 heterocycles. The smallest absolute Gasteiger partial charge is 0.164 e. The molecule has 6 aliphatic carbocycles. The van der Waals surface area contributed by atoms with Crippen LogP contribution in [0.2, 0.25) is 0 Å². The Labute approximate surface area is 186 Å². The summed E-state index contributed by atoms with van der Waals surface area (Å²) in [6, 6.07) is 0. The summed E-state index contributed by atoms with van der Waals surface area (Å²) < 4.78 is 1.86. The van der Waals surface area contributed by atoms with Crippen LogP contribution < -0.4 is 0 Å². The Morgan fingerprint density at radius 1 is 0.435 bits per heavy atom. The van der Waals surface area contributed by atoms with Crippen molar-refractivity contribution >= 4 is 128 Å². The molecule has 1 nitrogen and oxygen atoms in total. The van der Waals surface area contributed by atoms with Crippen molar-refractivity contribution in [3.05, 3.63) is 0 Å². The van der Waals surface area contributed by atoms with Crippen LogP contribution in [0.1, 0.15) is 0 Å². The number of halogens is 11. The molecule has 0 N–H and O–H groups in total. The molecule has 6 rings (SSSR count). The summed E-state index contributed by atoms with van der Waals surface area (Å²) in [6.07, 6.45) is 0. The molecule has 4 atom stereocenters. The molecule has 23 heavy (non-hydrogen) atoms. The first-order chi connectivity index (χ1) is 10.1. The molecular formula is C11H3Cl11O. The van der Waals surface area contributed by atoms with Crippen LogP contribution in [-0.4, -0.2) is 55.5 Å². The second-order valence-electron chi connectivity index (χ2n) is 6.64. The predicted molar refractivity (Wildman–Crippen MR) is 98.7 cm³/mol. The molecular weight excluding hydrogens is 538 g/mol. The molecule has 130 valence electrons. The lowest BCUT2D eigenvalue weighted by Gasteiger charge is -2.82. The molecule has 6 saturated carbocycles. The minimum atomic E-state index is -1.91. The van der Waals surface area contributed by atoms with Crippen LogP contribution in [0.3, 0.4) is 0 Å². The Hall–Kier alpha value is 3.15. The van der Waals surface area contributed by atoms with Crippen LogP contribution in [0.25, 0.3) is 0 Å². The van der Waals surface area contributed by atoms with E-state index >= 15 is 0 Å². The number of hydrogen-bond acceptors (Lipinski definition) is 1. The zero-order valence-corrected chi connectivity index (χ0v) is 18.9. The largest absolute Gasteiger partial charge is 0.372 e. The van der Waals surface area contributed by atoms with Crippen molar-refractivity contribution in [3.63, 3.8) is 0 Å². The highest BCUT2D eigenvalue weighted by Crippen LogP contribution is 3.12. The van der Waals surface area contributed by atoms with Gasteiger partial charge < -0.3 is 4.74 Å². The van der Waals surface area contributed by atoms with Gasteiger partial charge >= 0.3 is 0 Å². The lowest BCUT2D eigenvalue weighted by molar-refractivity contribution is -0.200. The third-order valence-corrected chi connectivity index (χ3v) is 16.4. The number of alkyl halides is 11. The predicted octanol–water partition coefficient (Wildman–Crippen LogP) is 5.63. The van der Waals surface area contributed by atoms with E-state index in [0.29, 0.717) is 0 Å². The van der Waals surface area contributed by atoms with Gasteiger partial charge in [0.05, 0.1) is 0 Å². The number of hydrogen-bond donors (Lipinski definition) is 0. The van der Waals surface area contributed by atoms with Gasteiger partial charge in [-0.3, -0.25) is 0 Å². The van der Waals surface area contributed by atoms with Gasteiger partial charge in [0.2, 0.25) is 0 Å². The van der Waals surface area contributed by atoms with Gasteiger partial charge in [-0.05, 0) is 0 Å². The Morgan fingerprint density at radius 3 is 1.04 bits per heavy atom. The maximum absolute atomic E-state index is 6.91. The SMILES string of the molecule is COC12C3(Cl)C(Cl)(Cl)C4(Cl)C5(Cl)C(Cl)(C(Cl)(Cl)C1(Cl)C53Cl)C42Cl. The highest BCUT2D eigenvalue weighted by Gasteiger charge is 3.33. The van der Waals surface area contributed by atoms with Crippen LogP contribution in [0.4, 0.5) is 0 Å². The van der Waals surface area contributed by atoms with E-state index in [1.807, 2.05) is 0 Å². The summed E-state index contributed by atoms with van der Waals surface area (Å²) in [4.78, 5) is -12.4. The topological polar surface area (TPSA) is 9.23 Å². The Kier molecular flexibility index (Phi) is 2.82. The van der Waals surface area contributed by atoms with Crippen molar-refractivity contribution < 1.29 is 4.74 Å². The number of rotatable bonds is 1. The zero-order valence-electron chi connectivity index (χ0n) is 10.6. The monoisotopic (exact) mass is 536 g/mol. The maximum Gasteiger partial charge on any atom is 0.164 e. The molecule has 4 bridgehead atoms. The van der Waals surface area contributed by atoms with Crippen LogP contribution in [-0.2, 0) is 4.74 Å².